The van der Waals surface area contributed by atoms with E-state index in [-0.39, 0.29) is 37.0 Å². The van der Waals surface area contributed by atoms with Crippen LogP contribution in [-0.4, -0.2) is 30.9 Å². The van der Waals surface area contributed by atoms with E-state index in [4.69, 9.17) is 27.9 Å². The first kappa shape index (κ1) is 20.2. The van der Waals surface area contributed by atoms with Crippen LogP contribution in [0.25, 0.3) is 0 Å². The molecule has 0 bridgehead atoms. The van der Waals surface area contributed by atoms with Crippen molar-refractivity contribution in [3.63, 3.8) is 0 Å². The van der Waals surface area contributed by atoms with E-state index in [1.165, 1.54) is 4.90 Å². The Kier molecular flexibility index (Phi) is 6.21. The number of hydrogen-bond acceptors (Lipinski definition) is 4. The third-order valence-corrected chi connectivity index (χ3v) is 5.13. The number of carbonyl (C=O) groups excluding carboxylic acids is 3. The number of esters is 1. The number of amides is 2. The van der Waals surface area contributed by atoms with Crippen molar-refractivity contribution >= 4 is 52.4 Å². The van der Waals surface area contributed by atoms with Gasteiger partial charge in [0.2, 0.25) is 11.8 Å². The van der Waals surface area contributed by atoms with Gasteiger partial charge in [-0.25, -0.2) is 4.79 Å². The van der Waals surface area contributed by atoms with Crippen LogP contribution in [0, 0.1) is 5.92 Å². The highest BCUT2D eigenvalue weighted by molar-refractivity contribution is 6.42. The van der Waals surface area contributed by atoms with E-state index in [0.29, 0.717) is 21.4 Å². The Hall–Kier alpha value is -2.57. The van der Waals surface area contributed by atoms with E-state index in [2.05, 4.69) is 5.32 Å². The Labute approximate surface area is 172 Å². The number of hydrogen-bond donors (Lipinski definition) is 1. The summed E-state index contributed by atoms with van der Waals surface area (Å²) in [6.45, 7) is 2.15. The van der Waals surface area contributed by atoms with Gasteiger partial charge >= 0.3 is 5.97 Å². The molecule has 0 saturated carbocycles. The molecule has 1 heterocycles. The summed E-state index contributed by atoms with van der Waals surface area (Å²) in [7, 11) is 0. The summed E-state index contributed by atoms with van der Waals surface area (Å²) in [5.41, 5.74) is 1.20. The summed E-state index contributed by atoms with van der Waals surface area (Å²) in [4.78, 5) is 38.7. The van der Waals surface area contributed by atoms with Gasteiger partial charge in [0.15, 0.2) is 0 Å². The Morgan fingerprint density at radius 3 is 2.64 bits per heavy atom. The van der Waals surface area contributed by atoms with Crippen LogP contribution < -0.4 is 10.2 Å². The number of para-hydroxylation sites is 1. The van der Waals surface area contributed by atoms with Crippen molar-refractivity contribution in [2.75, 3.05) is 23.4 Å². The highest BCUT2D eigenvalue weighted by atomic mass is 35.5. The quantitative estimate of drug-likeness (QED) is 0.736. The van der Waals surface area contributed by atoms with Crippen molar-refractivity contribution < 1.29 is 19.1 Å². The Balaban J connectivity index is 1.73. The topological polar surface area (TPSA) is 75.7 Å². The number of halogens is 2. The fraction of sp³-hybridized carbons (Fsp3) is 0.250. The molecule has 1 N–H and O–H groups in total. The third-order valence-electron chi connectivity index (χ3n) is 4.39. The van der Waals surface area contributed by atoms with E-state index in [1.54, 1.807) is 49.4 Å². The zero-order valence-corrected chi connectivity index (χ0v) is 16.6. The number of ether oxygens (including phenoxy) is 1. The van der Waals surface area contributed by atoms with Gasteiger partial charge in [0, 0.05) is 18.7 Å². The van der Waals surface area contributed by atoms with Gasteiger partial charge in [0.25, 0.3) is 0 Å². The van der Waals surface area contributed by atoms with Gasteiger partial charge in [-0.15, -0.1) is 0 Å². The molecule has 2 aromatic rings. The fourth-order valence-electron chi connectivity index (χ4n) is 3.00. The van der Waals surface area contributed by atoms with Gasteiger partial charge in [-0.05, 0) is 37.3 Å². The van der Waals surface area contributed by atoms with Crippen LogP contribution in [0.3, 0.4) is 0 Å². The lowest BCUT2D eigenvalue weighted by atomic mass is 10.1. The molecule has 2 aromatic carbocycles. The van der Waals surface area contributed by atoms with E-state index < -0.39 is 11.9 Å². The molecule has 0 aromatic heterocycles. The number of benzene rings is 2. The molecule has 1 aliphatic heterocycles. The predicted octanol–water partition coefficient (Wildman–Crippen LogP) is 4.16. The number of carbonyl (C=O) groups is 3. The van der Waals surface area contributed by atoms with Gasteiger partial charge < -0.3 is 15.0 Å². The van der Waals surface area contributed by atoms with E-state index in [0.717, 1.165) is 0 Å². The SMILES string of the molecule is CCOC(=O)c1ccccc1NC(=O)[C@H]1CC(=O)N(c2ccc(Cl)c(Cl)c2)C1. The molecule has 0 radical (unpaired) electrons. The van der Waals surface area contributed by atoms with Crippen molar-refractivity contribution in [3.8, 4) is 0 Å². The molecule has 2 amide bonds. The number of nitrogens with zero attached hydrogens (tertiary/aromatic N) is 1. The van der Waals surface area contributed by atoms with Gasteiger partial charge in [-0.1, -0.05) is 35.3 Å². The Morgan fingerprint density at radius 2 is 1.93 bits per heavy atom. The number of rotatable bonds is 5. The van der Waals surface area contributed by atoms with E-state index in [1.807, 2.05) is 0 Å². The van der Waals surface area contributed by atoms with Gasteiger partial charge in [-0.3, -0.25) is 9.59 Å². The smallest absolute Gasteiger partial charge is 0.340 e. The first-order chi connectivity index (χ1) is 13.4. The van der Waals surface area contributed by atoms with Gasteiger partial charge in [0.05, 0.1) is 33.8 Å². The first-order valence-corrected chi connectivity index (χ1v) is 9.48. The molecular formula is C20H18Cl2N2O4. The lowest BCUT2D eigenvalue weighted by molar-refractivity contribution is -0.122. The lowest BCUT2D eigenvalue weighted by Crippen LogP contribution is -2.28. The van der Waals surface area contributed by atoms with Crippen molar-refractivity contribution in [2.45, 2.75) is 13.3 Å². The molecule has 1 fully saturated rings. The van der Waals surface area contributed by atoms with Crippen LogP contribution in [-0.2, 0) is 14.3 Å². The summed E-state index contributed by atoms with van der Waals surface area (Å²) >= 11 is 11.9. The molecule has 6 nitrogen and oxygen atoms in total. The summed E-state index contributed by atoms with van der Waals surface area (Å²) in [5.74, 6) is -1.60. The van der Waals surface area contributed by atoms with Gasteiger partial charge in [0.1, 0.15) is 0 Å². The fourth-order valence-corrected chi connectivity index (χ4v) is 3.29. The molecule has 146 valence electrons. The maximum absolute atomic E-state index is 12.7. The average molecular weight is 421 g/mol. The van der Waals surface area contributed by atoms with Gasteiger partial charge in [-0.2, -0.15) is 0 Å². The second kappa shape index (κ2) is 8.63. The second-order valence-corrected chi connectivity index (χ2v) is 7.07. The molecule has 0 spiro atoms. The molecule has 0 aliphatic carbocycles. The van der Waals surface area contributed by atoms with Crippen LogP contribution >= 0.6 is 23.2 Å². The summed E-state index contributed by atoms with van der Waals surface area (Å²) in [6, 6.07) is 11.5. The average Bonchev–Trinajstić information content (AvgIpc) is 3.06. The summed E-state index contributed by atoms with van der Waals surface area (Å²) in [6.07, 6.45) is 0.0631. The van der Waals surface area contributed by atoms with E-state index >= 15 is 0 Å². The normalized spacial score (nSPS) is 16.2. The van der Waals surface area contributed by atoms with E-state index in [9.17, 15) is 14.4 Å². The highest BCUT2D eigenvalue weighted by Crippen LogP contribution is 2.31. The minimum Gasteiger partial charge on any atom is -0.462 e. The second-order valence-electron chi connectivity index (χ2n) is 6.26. The minimum atomic E-state index is -0.558. The van der Waals surface area contributed by atoms with Crippen molar-refractivity contribution in [3.05, 3.63) is 58.1 Å². The van der Waals surface area contributed by atoms with Crippen LogP contribution in [0.5, 0.6) is 0 Å². The predicted molar refractivity (Wildman–Crippen MR) is 108 cm³/mol. The lowest BCUT2D eigenvalue weighted by Gasteiger charge is -2.17. The van der Waals surface area contributed by atoms with Crippen LogP contribution in [0.15, 0.2) is 42.5 Å². The Bertz CT molecular complexity index is 932. The summed E-state index contributed by atoms with van der Waals surface area (Å²) in [5, 5.41) is 3.47. The maximum Gasteiger partial charge on any atom is 0.340 e. The summed E-state index contributed by atoms with van der Waals surface area (Å²) < 4.78 is 5.01. The molecule has 1 atom stereocenters. The number of anilines is 2. The molecule has 8 heteroatoms. The molecule has 1 saturated heterocycles. The monoisotopic (exact) mass is 420 g/mol. The van der Waals surface area contributed by atoms with Crippen molar-refractivity contribution in [1.29, 1.82) is 0 Å². The highest BCUT2D eigenvalue weighted by Gasteiger charge is 2.35. The van der Waals surface area contributed by atoms with Crippen molar-refractivity contribution in [1.82, 2.24) is 0 Å². The largest absolute Gasteiger partial charge is 0.462 e. The zero-order valence-electron chi connectivity index (χ0n) is 15.1. The molecule has 3 rings (SSSR count). The maximum atomic E-state index is 12.7. The molecule has 1 aliphatic rings. The Morgan fingerprint density at radius 1 is 1.18 bits per heavy atom. The zero-order chi connectivity index (χ0) is 20.3. The standard InChI is InChI=1S/C20H18Cl2N2O4/c1-2-28-20(27)14-5-3-4-6-17(14)23-19(26)12-9-18(25)24(11-12)13-7-8-15(21)16(22)10-13/h3-8,10,12H,2,9,11H2,1H3,(H,23,26)/t12-/m0/s1. The molecule has 0 unspecified atom stereocenters. The van der Waals surface area contributed by atoms with Crippen molar-refractivity contribution in [2.24, 2.45) is 5.92 Å². The molecule has 28 heavy (non-hydrogen) atoms. The van der Waals surface area contributed by atoms with Crippen LogP contribution in [0.1, 0.15) is 23.7 Å². The number of nitrogens with one attached hydrogen (secondary N) is 1. The third kappa shape index (κ3) is 4.29. The van der Waals surface area contributed by atoms with Crippen LogP contribution in [0.4, 0.5) is 11.4 Å². The minimum absolute atomic E-state index is 0.0631. The molecular weight excluding hydrogens is 403 g/mol. The van der Waals surface area contributed by atoms with Crippen LogP contribution in [0.2, 0.25) is 10.0 Å². The first-order valence-electron chi connectivity index (χ1n) is 8.73.